The van der Waals surface area contributed by atoms with Crippen molar-refractivity contribution >= 4 is 49.3 Å². The first-order chi connectivity index (χ1) is 8.47. The Labute approximate surface area is 125 Å². The summed E-state index contributed by atoms with van der Waals surface area (Å²) in [5, 5.41) is 0. The highest BCUT2D eigenvalue weighted by atomic mass is 79.9. The molecule has 0 bridgehead atoms. The normalized spacial score (nSPS) is 21.5. The number of benzene rings is 1. The Bertz CT molecular complexity index is 444. The summed E-state index contributed by atoms with van der Waals surface area (Å²) >= 11 is 9.00. The van der Waals surface area contributed by atoms with Crippen LogP contribution in [0.4, 0.5) is 5.69 Å². The van der Waals surface area contributed by atoms with E-state index in [9.17, 15) is 0 Å². The van der Waals surface area contributed by atoms with E-state index in [1.54, 1.807) is 0 Å². The molecule has 1 heterocycles. The molecule has 0 aliphatic carbocycles. The van der Waals surface area contributed by atoms with Crippen molar-refractivity contribution in [1.82, 2.24) is 0 Å². The lowest BCUT2D eigenvalue weighted by Gasteiger charge is -2.40. The van der Waals surface area contributed by atoms with Gasteiger partial charge in [-0.2, -0.15) is 0 Å². The summed E-state index contributed by atoms with van der Waals surface area (Å²) in [6, 6.07) is 9.91. The molecule has 1 aliphatic heterocycles. The molecule has 0 atom stereocenters. The second kappa shape index (κ2) is 5.81. The molecule has 0 aromatic heterocycles. The van der Waals surface area contributed by atoms with Crippen molar-refractivity contribution in [2.45, 2.75) is 13.8 Å². The van der Waals surface area contributed by atoms with Crippen molar-refractivity contribution in [3.63, 3.8) is 0 Å². The second-order valence-electron chi connectivity index (χ2n) is 4.86. The number of hydrogen-bond donors (Lipinski definition) is 0. The minimum Gasteiger partial charge on any atom is -0.312 e. The van der Waals surface area contributed by atoms with E-state index < -0.39 is 6.64 Å². The number of hydrogen-bond acceptors (Lipinski definition) is 4. The van der Waals surface area contributed by atoms with Gasteiger partial charge in [-0.15, -0.1) is 0 Å². The predicted molar refractivity (Wildman–Crippen MR) is 85.4 cm³/mol. The molecule has 0 amide bonds. The van der Waals surface area contributed by atoms with Crippen LogP contribution in [0.1, 0.15) is 13.8 Å². The third-order valence-electron chi connectivity index (χ3n) is 2.50. The molecule has 3 nitrogen and oxygen atoms in total. The molecule has 1 saturated heterocycles. The second-order valence-corrected chi connectivity index (χ2v) is 9.74. The zero-order chi connectivity index (χ0) is 13.2. The topological polar surface area (TPSA) is 21.7 Å². The largest absolute Gasteiger partial charge is 0.312 e. The van der Waals surface area contributed by atoms with Gasteiger partial charge in [-0.25, -0.2) is 4.08 Å². The average molecular weight is 368 g/mol. The summed E-state index contributed by atoms with van der Waals surface area (Å²) in [5.74, 6) is 0. The highest BCUT2D eigenvalue weighted by Gasteiger charge is 2.38. The summed E-state index contributed by atoms with van der Waals surface area (Å²) in [5.41, 5.74) is 1.02. The van der Waals surface area contributed by atoms with Gasteiger partial charge in [0.05, 0.1) is 18.9 Å². The highest BCUT2D eigenvalue weighted by molar-refractivity contribution is 9.50. The molecule has 0 saturated carbocycles. The van der Waals surface area contributed by atoms with Gasteiger partial charge in [-0.1, -0.05) is 32.0 Å². The molecule has 0 spiro atoms. The van der Waals surface area contributed by atoms with Crippen LogP contribution in [0.3, 0.4) is 0 Å². The van der Waals surface area contributed by atoms with Crippen molar-refractivity contribution in [1.29, 1.82) is 0 Å². The maximum atomic E-state index is 5.87. The zero-order valence-corrected chi connectivity index (χ0v) is 14.3. The average Bonchev–Trinajstić information content (AvgIpc) is 2.36. The van der Waals surface area contributed by atoms with Gasteiger partial charge in [0, 0.05) is 30.6 Å². The summed E-state index contributed by atoms with van der Waals surface area (Å²) < 4.78 is 13.6. The summed E-state index contributed by atoms with van der Waals surface area (Å²) in [6.45, 7) is 3.03. The molecule has 1 fully saturated rings. The standard InChI is InChI=1S/C11H15BrNO2PS2/c1-11(2)8-14-16(17,15-9-11)13(18-12)10-6-4-3-5-7-10/h3-7H,8-9H2,1-2H3. The van der Waals surface area contributed by atoms with Crippen molar-refractivity contribution in [3.8, 4) is 0 Å². The minimum absolute atomic E-state index is 0.0294. The van der Waals surface area contributed by atoms with Crippen molar-refractivity contribution in [3.05, 3.63) is 30.3 Å². The van der Waals surface area contributed by atoms with Crippen LogP contribution in [0.25, 0.3) is 0 Å². The smallest absolute Gasteiger partial charge is 0.301 e. The summed E-state index contributed by atoms with van der Waals surface area (Å²) in [7, 11) is 1.37. The van der Waals surface area contributed by atoms with Crippen LogP contribution in [0, 0.1) is 5.41 Å². The van der Waals surface area contributed by atoms with Crippen LogP contribution in [-0.4, -0.2) is 13.2 Å². The number of halogens is 1. The first kappa shape index (κ1) is 14.8. The van der Waals surface area contributed by atoms with Crippen LogP contribution in [-0.2, 0) is 20.9 Å². The van der Waals surface area contributed by atoms with Gasteiger partial charge >= 0.3 is 6.64 Å². The van der Waals surface area contributed by atoms with Crippen LogP contribution >= 0.6 is 31.8 Å². The Morgan fingerprint density at radius 2 is 1.83 bits per heavy atom. The first-order valence-corrected chi connectivity index (χ1v) is 10.7. The summed E-state index contributed by atoms with van der Waals surface area (Å²) in [4.78, 5) is 0. The third kappa shape index (κ3) is 3.30. The summed E-state index contributed by atoms with van der Waals surface area (Å²) in [6.07, 6.45) is 0. The predicted octanol–water partition coefficient (Wildman–Crippen LogP) is 4.75. The highest BCUT2D eigenvalue weighted by Crippen LogP contribution is 2.62. The lowest BCUT2D eigenvalue weighted by Crippen LogP contribution is -2.32. The number of rotatable bonds is 3. The lowest BCUT2D eigenvalue weighted by atomic mass is 9.97. The fraction of sp³-hybridized carbons (Fsp3) is 0.455. The van der Waals surface area contributed by atoms with E-state index in [0.29, 0.717) is 13.2 Å². The molecule has 100 valence electrons. The van der Waals surface area contributed by atoms with E-state index in [-0.39, 0.29) is 5.41 Å². The monoisotopic (exact) mass is 367 g/mol. The number of nitrogens with zero attached hydrogens (tertiary/aromatic N) is 1. The SMILES string of the molecule is CC1(C)COP(=S)(N(SBr)c2ccccc2)OC1. The van der Waals surface area contributed by atoms with Crippen molar-refractivity contribution in [2.75, 3.05) is 17.3 Å². The molecule has 2 rings (SSSR count). The maximum absolute atomic E-state index is 5.87. The molecule has 0 radical (unpaired) electrons. The number of anilines is 1. The van der Waals surface area contributed by atoms with Crippen LogP contribution < -0.4 is 4.08 Å². The van der Waals surface area contributed by atoms with Gasteiger partial charge in [0.25, 0.3) is 0 Å². The fourth-order valence-corrected chi connectivity index (χ4v) is 7.69. The van der Waals surface area contributed by atoms with Gasteiger partial charge < -0.3 is 9.05 Å². The van der Waals surface area contributed by atoms with Crippen LogP contribution in [0.2, 0.25) is 0 Å². The molecular formula is C11H15BrNO2PS2. The van der Waals surface area contributed by atoms with E-state index in [4.69, 9.17) is 20.9 Å². The van der Waals surface area contributed by atoms with E-state index in [2.05, 4.69) is 28.7 Å². The van der Waals surface area contributed by atoms with E-state index >= 15 is 0 Å². The number of para-hydroxylation sites is 1. The first-order valence-electron chi connectivity index (χ1n) is 5.50. The Kier molecular flexibility index (Phi) is 4.79. The zero-order valence-electron chi connectivity index (χ0n) is 10.2. The Morgan fingerprint density at radius 3 is 2.33 bits per heavy atom. The molecule has 1 aromatic rings. The van der Waals surface area contributed by atoms with Gasteiger partial charge in [0.1, 0.15) is 0 Å². The molecule has 18 heavy (non-hydrogen) atoms. The van der Waals surface area contributed by atoms with Gasteiger partial charge in [0.2, 0.25) is 0 Å². The maximum Gasteiger partial charge on any atom is 0.301 e. The van der Waals surface area contributed by atoms with E-state index in [0.717, 1.165) is 5.69 Å². The lowest BCUT2D eigenvalue weighted by molar-refractivity contribution is 0.0609. The minimum atomic E-state index is -2.44. The Morgan fingerprint density at radius 1 is 1.28 bits per heavy atom. The van der Waals surface area contributed by atoms with Gasteiger partial charge in [-0.3, -0.25) is 0 Å². The third-order valence-corrected chi connectivity index (χ3v) is 8.29. The quantitative estimate of drug-likeness (QED) is 0.566. The Balaban J connectivity index is 2.21. The molecule has 0 unspecified atom stereocenters. The fourth-order valence-electron chi connectivity index (χ4n) is 1.47. The van der Waals surface area contributed by atoms with Gasteiger partial charge in [-0.05, 0) is 23.9 Å². The van der Waals surface area contributed by atoms with E-state index in [1.807, 2.05) is 34.4 Å². The molecule has 7 heteroatoms. The van der Waals surface area contributed by atoms with Gasteiger partial charge in [0.15, 0.2) is 0 Å². The molecule has 1 aromatic carbocycles. The van der Waals surface area contributed by atoms with Crippen molar-refractivity contribution < 1.29 is 9.05 Å². The van der Waals surface area contributed by atoms with Crippen molar-refractivity contribution in [2.24, 2.45) is 5.41 Å². The van der Waals surface area contributed by atoms with Crippen LogP contribution in [0.5, 0.6) is 0 Å². The van der Waals surface area contributed by atoms with Crippen LogP contribution in [0.15, 0.2) is 30.3 Å². The molecule has 0 N–H and O–H groups in total. The van der Waals surface area contributed by atoms with E-state index in [1.165, 1.54) is 10.4 Å². The molecule has 1 aliphatic rings. The molecular weight excluding hydrogens is 353 g/mol. The Hall–Kier alpha value is 0.420.